The first kappa shape index (κ1) is 15.5. The molecule has 2 heterocycles. The Morgan fingerprint density at radius 3 is 2.45 bits per heavy atom. The molecule has 7 nitrogen and oxygen atoms in total. The van der Waals surface area contributed by atoms with E-state index in [4.69, 9.17) is 19.3 Å². The molecule has 1 fully saturated rings. The van der Waals surface area contributed by atoms with Gasteiger partial charge in [-0.1, -0.05) is 6.07 Å². The van der Waals surface area contributed by atoms with E-state index in [1.807, 2.05) is 18.2 Å². The van der Waals surface area contributed by atoms with E-state index in [1.54, 1.807) is 0 Å². The first-order chi connectivity index (χ1) is 10.6. The fraction of sp³-hybridized carbons (Fsp3) is 0.600. The molecule has 2 aliphatic rings. The zero-order valence-electron chi connectivity index (χ0n) is 12.0. The van der Waals surface area contributed by atoms with Crippen LogP contribution in [-0.4, -0.2) is 64.3 Å². The van der Waals surface area contributed by atoms with E-state index < -0.39 is 37.1 Å². The third kappa shape index (κ3) is 2.90. The van der Waals surface area contributed by atoms with Gasteiger partial charge in [-0.15, -0.1) is 0 Å². The summed E-state index contributed by atoms with van der Waals surface area (Å²) in [5, 5.41) is 38.7. The number of aliphatic hydroxyl groups is 4. The van der Waals surface area contributed by atoms with E-state index in [2.05, 4.69) is 0 Å². The Bertz CT molecular complexity index is 519. The van der Waals surface area contributed by atoms with Crippen LogP contribution in [0.15, 0.2) is 18.2 Å². The van der Waals surface area contributed by atoms with E-state index in [9.17, 15) is 15.3 Å². The zero-order valence-corrected chi connectivity index (χ0v) is 12.0. The van der Waals surface area contributed by atoms with Crippen LogP contribution in [0.4, 0.5) is 0 Å². The van der Waals surface area contributed by atoms with Gasteiger partial charge in [-0.05, 0) is 30.5 Å². The summed E-state index contributed by atoms with van der Waals surface area (Å²) in [5.41, 5.74) is 0.987. The normalized spacial score (nSPS) is 33.9. The Kier molecular flexibility index (Phi) is 4.51. The van der Waals surface area contributed by atoms with E-state index in [1.165, 1.54) is 0 Å². The number of aryl methyl sites for hydroxylation is 1. The van der Waals surface area contributed by atoms with Crippen molar-refractivity contribution in [1.82, 2.24) is 0 Å². The number of fused-ring (bicyclic) bond motifs is 1. The van der Waals surface area contributed by atoms with Crippen molar-refractivity contribution in [2.75, 3.05) is 13.4 Å². The second-order valence-electron chi connectivity index (χ2n) is 5.59. The summed E-state index contributed by atoms with van der Waals surface area (Å²) in [5.74, 6) is 1.39. The molecule has 1 aromatic carbocycles. The van der Waals surface area contributed by atoms with Gasteiger partial charge < -0.3 is 34.6 Å². The Hall–Kier alpha value is -1.38. The summed E-state index contributed by atoms with van der Waals surface area (Å²) in [6, 6.07) is 5.59. The Morgan fingerprint density at radius 2 is 1.68 bits per heavy atom. The second kappa shape index (κ2) is 6.39. The molecule has 0 aliphatic carbocycles. The summed E-state index contributed by atoms with van der Waals surface area (Å²) >= 11 is 0. The van der Waals surface area contributed by atoms with Crippen LogP contribution in [0.1, 0.15) is 12.0 Å². The Morgan fingerprint density at radius 1 is 0.955 bits per heavy atom. The largest absolute Gasteiger partial charge is 0.454 e. The van der Waals surface area contributed by atoms with E-state index >= 15 is 0 Å². The first-order valence-corrected chi connectivity index (χ1v) is 7.29. The molecular weight excluding hydrogens is 292 g/mol. The Balaban J connectivity index is 1.63. The van der Waals surface area contributed by atoms with Gasteiger partial charge in [-0.25, -0.2) is 0 Å². The Labute approximate surface area is 127 Å². The highest BCUT2D eigenvalue weighted by molar-refractivity contribution is 5.44. The summed E-state index contributed by atoms with van der Waals surface area (Å²) in [6.07, 6.45) is -4.30. The van der Waals surface area contributed by atoms with E-state index in [0.717, 1.165) is 5.56 Å². The van der Waals surface area contributed by atoms with E-state index in [0.29, 0.717) is 24.3 Å². The predicted octanol–water partition coefficient (Wildman–Crippen LogP) is -0.810. The average Bonchev–Trinajstić information content (AvgIpc) is 2.99. The minimum atomic E-state index is -1.33. The molecule has 4 N–H and O–H groups in total. The van der Waals surface area contributed by atoms with Gasteiger partial charge in [0.25, 0.3) is 0 Å². The summed E-state index contributed by atoms with van der Waals surface area (Å²) in [6.45, 7) is -0.197. The lowest BCUT2D eigenvalue weighted by Gasteiger charge is -2.40. The first-order valence-electron chi connectivity index (χ1n) is 7.29. The third-order valence-corrected chi connectivity index (χ3v) is 4.15. The average molecular weight is 312 g/mol. The smallest absolute Gasteiger partial charge is 0.231 e. The zero-order chi connectivity index (χ0) is 15.7. The van der Waals surface area contributed by atoms with Crippen LogP contribution in [0.3, 0.4) is 0 Å². The maximum absolute atomic E-state index is 9.99. The molecular formula is C15H20O7. The van der Waals surface area contributed by atoms with E-state index in [-0.39, 0.29) is 6.79 Å². The van der Waals surface area contributed by atoms with Crippen molar-refractivity contribution < 1.29 is 34.6 Å². The van der Waals surface area contributed by atoms with Crippen molar-refractivity contribution >= 4 is 0 Å². The molecule has 122 valence electrons. The van der Waals surface area contributed by atoms with Gasteiger partial charge in [0.2, 0.25) is 6.79 Å². The van der Waals surface area contributed by atoms with Crippen LogP contribution in [0, 0.1) is 0 Å². The minimum Gasteiger partial charge on any atom is -0.454 e. The molecule has 3 rings (SSSR count). The van der Waals surface area contributed by atoms with Crippen molar-refractivity contribution in [3.8, 4) is 11.5 Å². The van der Waals surface area contributed by atoms with Crippen LogP contribution < -0.4 is 9.47 Å². The predicted molar refractivity (Wildman–Crippen MR) is 74.7 cm³/mol. The van der Waals surface area contributed by atoms with Crippen molar-refractivity contribution in [2.45, 2.75) is 43.4 Å². The summed E-state index contributed by atoms with van der Waals surface area (Å²) in [7, 11) is 0. The molecule has 0 bridgehead atoms. The van der Waals surface area contributed by atoms with Crippen LogP contribution in [-0.2, 0) is 11.2 Å². The molecule has 1 saturated heterocycles. The number of ether oxygens (including phenoxy) is 3. The van der Waals surface area contributed by atoms with Gasteiger partial charge in [0.05, 0.1) is 12.7 Å². The number of benzene rings is 1. The molecule has 0 saturated carbocycles. The van der Waals surface area contributed by atoms with Crippen molar-refractivity contribution in [2.24, 2.45) is 0 Å². The van der Waals surface area contributed by atoms with Gasteiger partial charge in [-0.2, -0.15) is 0 Å². The fourth-order valence-electron chi connectivity index (χ4n) is 2.82. The number of hydrogen-bond acceptors (Lipinski definition) is 7. The highest BCUT2D eigenvalue weighted by Gasteiger charge is 2.42. The summed E-state index contributed by atoms with van der Waals surface area (Å²) in [4.78, 5) is 0. The lowest BCUT2D eigenvalue weighted by Crippen LogP contribution is -2.58. The SMILES string of the molecule is OC[C@H]1OC(CCc2ccc3c(c2)OCO3)[C@H](O)[C@@H](O)[C@@H]1O. The fourth-order valence-corrected chi connectivity index (χ4v) is 2.82. The minimum absolute atomic E-state index is 0.214. The van der Waals surface area contributed by atoms with Gasteiger partial charge in [0.15, 0.2) is 11.5 Å². The van der Waals surface area contributed by atoms with Gasteiger partial charge in [0.1, 0.15) is 24.4 Å². The molecule has 5 atom stereocenters. The molecule has 1 aromatic rings. The maximum atomic E-state index is 9.99. The van der Waals surface area contributed by atoms with Crippen molar-refractivity contribution in [1.29, 1.82) is 0 Å². The molecule has 0 radical (unpaired) electrons. The van der Waals surface area contributed by atoms with Gasteiger partial charge in [-0.3, -0.25) is 0 Å². The molecule has 2 aliphatic heterocycles. The monoisotopic (exact) mass is 312 g/mol. The van der Waals surface area contributed by atoms with Gasteiger partial charge >= 0.3 is 0 Å². The van der Waals surface area contributed by atoms with Crippen LogP contribution >= 0.6 is 0 Å². The summed E-state index contributed by atoms with van der Waals surface area (Å²) < 4.78 is 16.0. The van der Waals surface area contributed by atoms with Crippen LogP contribution in [0.2, 0.25) is 0 Å². The lowest BCUT2D eigenvalue weighted by molar-refractivity contribution is -0.230. The number of aliphatic hydroxyl groups excluding tert-OH is 4. The number of hydrogen-bond donors (Lipinski definition) is 4. The quantitative estimate of drug-likeness (QED) is 0.576. The number of rotatable bonds is 4. The highest BCUT2D eigenvalue weighted by atomic mass is 16.7. The standard InChI is InChI=1S/C15H20O7/c16-6-12-14(18)15(19)13(17)10(22-12)4-2-8-1-3-9-11(5-8)21-7-20-9/h1,3,5,10,12-19H,2,4,6-7H2/t10?,12-,13+,14-,15-/m1/s1. The third-order valence-electron chi connectivity index (χ3n) is 4.15. The molecule has 1 unspecified atom stereocenters. The molecule has 0 spiro atoms. The molecule has 0 aromatic heterocycles. The molecule has 7 heteroatoms. The van der Waals surface area contributed by atoms with Crippen molar-refractivity contribution in [3.05, 3.63) is 23.8 Å². The maximum Gasteiger partial charge on any atom is 0.231 e. The van der Waals surface area contributed by atoms with Crippen molar-refractivity contribution in [3.63, 3.8) is 0 Å². The lowest BCUT2D eigenvalue weighted by atomic mass is 9.92. The second-order valence-corrected chi connectivity index (χ2v) is 5.59. The topological polar surface area (TPSA) is 109 Å². The molecule has 0 amide bonds. The highest BCUT2D eigenvalue weighted by Crippen LogP contribution is 2.33. The van der Waals surface area contributed by atoms with Crippen LogP contribution in [0.5, 0.6) is 11.5 Å². The van der Waals surface area contributed by atoms with Gasteiger partial charge in [0, 0.05) is 0 Å². The van der Waals surface area contributed by atoms with Crippen LogP contribution in [0.25, 0.3) is 0 Å². The molecule has 22 heavy (non-hydrogen) atoms.